The molecule has 1 aromatic carbocycles. The number of pyridine rings is 1. The first-order valence-corrected chi connectivity index (χ1v) is 5.62. The monoisotopic (exact) mass is 268 g/mol. The van der Waals surface area contributed by atoms with E-state index in [-0.39, 0.29) is 6.42 Å². The van der Waals surface area contributed by atoms with Gasteiger partial charge in [-0.2, -0.15) is 13.2 Å². The van der Waals surface area contributed by atoms with Crippen molar-refractivity contribution in [2.75, 3.05) is 6.54 Å². The molecular formula is C13H11F3N2O. The maximum absolute atomic E-state index is 12.0. The fraction of sp³-hybridized carbons (Fsp3) is 0.231. The topological polar surface area (TPSA) is 42.0 Å². The van der Waals surface area contributed by atoms with Crippen LogP contribution in [0.5, 0.6) is 0 Å². The standard InChI is InChI=1S/C13H11F3N2O/c14-13(15,16)8-18-11(19)7-10-4-1-3-9-5-2-6-17-12(9)10/h1-6H,7-8H2,(H,18,19). The van der Waals surface area contributed by atoms with Crippen molar-refractivity contribution >= 4 is 16.8 Å². The molecule has 1 aromatic heterocycles. The Labute approximate surface area is 107 Å². The minimum atomic E-state index is -4.40. The molecule has 0 fully saturated rings. The number of nitrogens with one attached hydrogen (secondary N) is 1. The lowest BCUT2D eigenvalue weighted by Gasteiger charge is -2.09. The van der Waals surface area contributed by atoms with E-state index in [0.29, 0.717) is 11.1 Å². The second-order valence-electron chi connectivity index (χ2n) is 4.06. The van der Waals surface area contributed by atoms with Gasteiger partial charge < -0.3 is 5.32 Å². The molecular weight excluding hydrogens is 257 g/mol. The molecule has 1 N–H and O–H groups in total. The van der Waals surface area contributed by atoms with Crippen molar-refractivity contribution in [2.45, 2.75) is 12.6 Å². The number of para-hydroxylation sites is 1. The number of alkyl halides is 3. The van der Waals surface area contributed by atoms with Crippen LogP contribution in [0.1, 0.15) is 5.56 Å². The van der Waals surface area contributed by atoms with Crippen molar-refractivity contribution in [1.29, 1.82) is 0 Å². The van der Waals surface area contributed by atoms with Crippen molar-refractivity contribution in [3.8, 4) is 0 Å². The van der Waals surface area contributed by atoms with Gasteiger partial charge >= 0.3 is 6.18 Å². The van der Waals surface area contributed by atoms with Crippen LogP contribution in [0.4, 0.5) is 13.2 Å². The van der Waals surface area contributed by atoms with Crippen LogP contribution in [0.25, 0.3) is 10.9 Å². The average Bonchev–Trinajstić information content (AvgIpc) is 2.36. The Hall–Kier alpha value is -2.11. The van der Waals surface area contributed by atoms with E-state index in [1.807, 2.05) is 17.4 Å². The third-order valence-electron chi connectivity index (χ3n) is 2.55. The molecule has 0 saturated carbocycles. The summed E-state index contributed by atoms with van der Waals surface area (Å²) in [7, 11) is 0. The molecule has 2 aromatic rings. The summed E-state index contributed by atoms with van der Waals surface area (Å²) >= 11 is 0. The zero-order chi connectivity index (χ0) is 13.9. The van der Waals surface area contributed by atoms with Gasteiger partial charge in [0.1, 0.15) is 6.54 Å². The summed E-state index contributed by atoms with van der Waals surface area (Å²) in [6, 6.07) is 8.85. The first kappa shape index (κ1) is 13.3. The van der Waals surface area contributed by atoms with Gasteiger partial charge in [0, 0.05) is 11.6 Å². The number of halogens is 3. The normalized spacial score (nSPS) is 11.5. The van der Waals surface area contributed by atoms with Crippen LogP contribution in [-0.2, 0) is 11.2 Å². The second kappa shape index (κ2) is 5.26. The van der Waals surface area contributed by atoms with Gasteiger partial charge in [0.25, 0.3) is 0 Å². The zero-order valence-electron chi connectivity index (χ0n) is 9.87. The number of nitrogens with zero attached hydrogens (tertiary/aromatic N) is 1. The molecule has 0 unspecified atom stereocenters. The average molecular weight is 268 g/mol. The van der Waals surface area contributed by atoms with E-state index < -0.39 is 18.6 Å². The number of hydrogen-bond acceptors (Lipinski definition) is 2. The molecule has 0 aliphatic carbocycles. The Morgan fingerprint density at radius 2 is 1.95 bits per heavy atom. The summed E-state index contributed by atoms with van der Waals surface area (Å²) in [5.74, 6) is -0.671. The van der Waals surface area contributed by atoms with E-state index in [2.05, 4.69) is 4.98 Å². The molecule has 0 radical (unpaired) electrons. The van der Waals surface area contributed by atoms with Crippen LogP contribution < -0.4 is 5.32 Å². The Kier molecular flexibility index (Phi) is 3.69. The first-order chi connectivity index (χ1) is 8.96. The number of carbonyl (C=O) groups excluding carboxylic acids is 1. The minimum Gasteiger partial charge on any atom is -0.347 e. The number of fused-ring (bicyclic) bond motifs is 1. The third-order valence-corrected chi connectivity index (χ3v) is 2.55. The van der Waals surface area contributed by atoms with E-state index in [0.717, 1.165) is 5.39 Å². The molecule has 1 heterocycles. The summed E-state index contributed by atoms with van der Waals surface area (Å²) in [5.41, 5.74) is 1.24. The summed E-state index contributed by atoms with van der Waals surface area (Å²) in [4.78, 5) is 15.6. The molecule has 2 rings (SSSR count). The Morgan fingerprint density at radius 1 is 1.21 bits per heavy atom. The van der Waals surface area contributed by atoms with Crippen molar-refractivity contribution in [3.05, 3.63) is 42.1 Å². The zero-order valence-corrected chi connectivity index (χ0v) is 9.87. The Bertz CT molecular complexity index is 590. The summed E-state index contributed by atoms with van der Waals surface area (Å²) in [6.45, 7) is -1.32. The molecule has 3 nitrogen and oxygen atoms in total. The number of hydrogen-bond donors (Lipinski definition) is 1. The van der Waals surface area contributed by atoms with Crippen LogP contribution in [0.3, 0.4) is 0 Å². The summed E-state index contributed by atoms with van der Waals surface area (Å²) in [5, 5.41) is 2.69. The van der Waals surface area contributed by atoms with Crippen molar-refractivity contribution in [2.24, 2.45) is 0 Å². The van der Waals surface area contributed by atoms with E-state index in [9.17, 15) is 18.0 Å². The molecule has 0 bridgehead atoms. The molecule has 0 aliphatic rings. The maximum Gasteiger partial charge on any atom is 0.405 e. The van der Waals surface area contributed by atoms with E-state index >= 15 is 0 Å². The van der Waals surface area contributed by atoms with E-state index in [1.165, 1.54) is 0 Å². The van der Waals surface area contributed by atoms with Crippen molar-refractivity contribution < 1.29 is 18.0 Å². The van der Waals surface area contributed by atoms with E-state index in [4.69, 9.17) is 0 Å². The molecule has 0 spiro atoms. The van der Waals surface area contributed by atoms with Gasteiger partial charge in [-0.1, -0.05) is 24.3 Å². The smallest absolute Gasteiger partial charge is 0.347 e. The number of amides is 1. The molecule has 1 amide bonds. The number of benzene rings is 1. The highest BCUT2D eigenvalue weighted by atomic mass is 19.4. The lowest BCUT2D eigenvalue weighted by Crippen LogP contribution is -2.34. The number of aromatic nitrogens is 1. The SMILES string of the molecule is O=C(Cc1cccc2cccnc12)NCC(F)(F)F. The second-order valence-corrected chi connectivity index (χ2v) is 4.06. The first-order valence-electron chi connectivity index (χ1n) is 5.62. The lowest BCUT2D eigenvalue weighted by molar-refractivity contribution is -0.138. The molecule has 100 valence electrons. The van der Waals surface area contributed by atoms with Gasteiger partial charge in [-0.25, -0.2) is 0 Å². The predicted octanol–water partition coefficient (Wildman–Crippen LogP) is 2.46. The van der Waals surface area contributed by atoms with Gasteiger partial charge in [0.2, 0.25) is 5.91 Å². The van der Waals surface area contributed by atoms with Gasteiger partial charge in [-0.3, -0.25) is 9.78 Å². The summed E-state index contributed by atoms with van der Waals surface area (Å²) < 4.78 is 35.9. The van der Waals surface area contributed by atoms with Crippen molar-refractivity contribution in [1.82, 2.24) is 10.3 Å². The third kappa shape index (κ3) is 3.67. The quantitative estimate of drug-likeness (QED) is 0.929. The predicted molar refractivity (Wildman–Crippen MR) is 64.5 cm³/mol. The van der Waals surface area contributed by atoms with Gasteiger partial charge in [-0.05, 0) is 11.6 Å². The Morgan fingerprint density at radius 3 is 2.68 bits per heavy atom. The highest BCUT2D eigenvalue weighted by Gasteiger charge is 2.27. The van der Waals surface area contributed by atoms with Crippen LogP contribution in [0, 0.1) is 0 Å². The van der Waals surface area contributed by atoms with Crippen LogP contribution in [0.2, 0.25) is 0 Å². The fourth-order valence-corrected chi connectivity index (χ4v) is 1.74. The van der Waals surface area contributed by atoms with Crippen LogP contribution in [0.15, 0.2) is 36.5 Å². The van der Waals surface area contributed by atoms with Crippen LogP contribution >= 0.6 is 0 Å². The molecule has 0 aliphatic heterocycles. The highest BCUT2D eigenvalue weighted by molar-refractivity contribution is 5.87. The molecule has 6 heteroatoms. The number of rotatable bonds is 3. The van der Waals surface area contributed by atoms with Crippen LogP contribution in [-0.4, -0.2) is 23.6 Å². The lowest BCUT2D eigenvalue weighted by atomic mass is 10.1. The van der Waals surface area contributed by atoms with Crippen molar-refractivity contribution in [3.63, 3.8) is 0 Å². The summed E-state index contributed by atoms with van der Waals surface area (Å²) in [6.07, 6.45) is -2.93. The Balaban J connectivity index is 2.11. The fourth-order valence-electron chi connectivity index (χ4n) is 1.74. The van der Waals surface area contributed by atoms with Gasteiger partial charge in [-0.15, -0.1) is 0 Å². The minimum absolute atomic E-state index is 0.121. The van der Waals surface area contributed by atoms with Gasteiger partial charge in [0.15, 0.2) is 0 Å². The largest absolute Gasteiger partial charge is 0.405 e. The van der Waals surface area contributed by atoms with Gasteiger partial charge in [0.05, 0.1) is 11.9 Å². The molecule has 0 saturated heterocycles. The number of carbonyl (C=O) groups is 1. The highest BCUT2D eigenvalue weighted by Crippen LogP contribution is 2.17. The molecule has 0 atom stereocenters. The van der Waals surface area contributed by atoms with E-state index in [1.54, 1.807) is 24.4 Å². The molecule has 19 heavy (non-hydrogen) atoms. The maximum atomic E-state index is 12.0.